The summed E-state index contributed by atoms with van der Waals surface area (Å²) in [5, 5.41) is 11.3. The molecule has 0 saturated heterocycles. The average molecular weight is 413 g/mol. The summed E-state index contributed by atoms with van der Waals surface area (Å²) in [7, 11) is 0. The van der Waals surface area contributed by atoms with E-state index in [1.54, 1.807) is 0 Å². The van der Waals surface area contributed by atoms with E-state index < -0.39 is 0 Å². The highest BCUT2D eigenvalue weighted by Crippen LogP contribution is 2.25. The Hall–Kier alpha value is -3.60. The van der Waals surface area contributed by atoms with Crippen molar-refractivity contribution in [1.29, 1.82) is 0 Å². The number of carbonyl (C=O) groups excluding carboxylic acids is 1. The van der Waals surface area contributed by atoms with E-state index in [9.17, 15) is 4.79 Å². The van der Waals surface area contributed by atoms with Crippen molar-refractivity contribution in [2.75, 3.05) is 23.4 Å². The molecule has 1 N–H and O–H groups in total. The molecule has 158 valence electrons. The number of nitrogens with zero attached hydrogens (tertiary/aromatic N) is 3. The smallest absolute Gasteiger partial charge is 0.228 e. The number of benzene rings is 3. The van der Waals surface area contributed by atoms with Crippen LogP contribution in [0.3, 0.4) is 0 Å². The minimum atomic E-state index is -0.0219. The van der Waals surface area contributed by atoms with Gasteiger partial charge in [0.15, 0.2) is 0 Å². The van der Waals surface area contributed by atoms with E-state index in [0.717, 1.165) is 47.4 Å². The van der Waals surface area contributed by atoms with Crippen molar-refractivity contribution < 1.29 is 4.79 Å². The summed E-state index contributed by atoms with van der Waals surface area (Å²) in [4.78, 5) is 14.6. The normalized spacial score (nSPS) is 10.9. The first kappa shape index (κ1) is 20.7. The molecular formula is C26H28N4O. The molecule has 0 atom stereocenters. The molecule has 0 aliphatic heterocycles. The average Bonchev–Trinajstić information content (AvgIpc) is 3.13. The molecule has 0 bridgehead atoms. The van der Waals surface area contributed by atoms with Crippen molar-refractivity contribution in [2.45, 2.75) is 26.7 Å². The van der Waals surface area contributed by atoms with Gasteiger partial charge >= 0.3 is 0 Å². The first-order valence-corrected chi connectivity index (χ1v) is 10.8. The third kappa shape index (κ3) is 4.77. The van der Waals surface area contributed by atoms with Gasteiger partial charge in [-0.3, -0.25) is 9.80 Å². The molecule has 0 saturated carbocycles. The molecule has 1 aromatic heterocycles. The van der Waals surface area contributed by atoms with Crippen LogP contribution in [0.1, 0.15) is 30.7 Å². The molecule has 3 aromatic carbocycles. The van der Waals surface area contributed by atoms with Gasteiger partial charge in [-0.15, -0.1) is 0 Å². The molecule has 0 aliphatic carbocycles. The maximum Gasteiger partial charge on any atom is 0.228 e. The predicted molar refractivity (Wildman–Crippen MR) is 127 cm³/mol. The van der Waals surface area contributed by atoms with Crippen LogP contribution < -0.4 is 10.3 Å². The number of amides is 1. The van der Waals surface area contributed by atoms with Crippen LogP contribution in [0, 0.1) is 0 Å². The maximum absolute atomic E-state index is 12.6. The van der Waals surface area contributed by atoms with Gasteiger partial charge in [-0.2, -0.15) is 9.89 Å². The Bertz CT molecular complexity index is 1150. The monoisotopic (exact) mass is 412 g/mol. The van der Waals surface area contributed by atoms with E-state index in [1.807, 2.05) is 71.5 Å². The van der Waals surface area contributed by atoms with Crippen molar-refractivity contribution in [3.8, 4) is 0 Å². The van der Waals surface area contributed by atoms with Crippen molar-refractivity contribution in [3.05, 3.63) is 95.7 Å². The molecule has 31 heavy (non-hydrogen) atoms. The van der Waals surface area contributed by atoms with Gasteiger partial charge in [-0.1, -0.05) is 60.7 Å². The van der Waals surface area contributed by atoms with Crippen molar-refractivity contribution in [3.63, 3.8) is 0 Å². The number of aromatic nitrogens is 2. The van der Waals surface area contributed by atoms with Crippen LogP contribution in [-0.4, -0.2) is 28.9 Å². The van der Waals surface area contributed by atoms with Crippen molar-refractivity contribution >= 4 is 22.5 Å². The SMILES string of the molecule is CCN(CC)n1nc(Cc2ccccc2)c2cc(NC(=O)Cc3ccccc3)ccc21. The quantitative estimate of drug-likeness (QED) is 0.453. The molecule has 4 aromatic rings. The maximum atomic E-state index is 12.6. The second kappa shape index (κ2) is 9.47. The van der Waals surface area contributed by atoms with Gasteiger partial charge in [0.1, 0.15) is 0 Å². The zero-order chi connectivity index (χ0) is 21.6. The highest BCUT2D eigenvalue weighted by atomic mass is 16.1. The third-order valence-electron chi connectivity index (χ3n) is 5.44. The molecular weight excluding hydrogens is 384 g/mol. The molecule has 0 unspecified atom stereocenters. The topological polar surface area (TPSA) is 50.2 Å². The van der Waals surface area contributed by atoms with E-state index in [-0.39, 0.29) is 5.91 Å². The van der Waals surface area contributed by atoms with E-state index in [2.05, 4.69) is 36.3 Å². The van der Waals surface area contributed by atoms with Gasteiger partial charge in [0.05, 0.1) is 17.6 Å². The molecule has 0 aliphatic rings. The molecule has 0 spiro atoms. The summed E-state index contributed by atoms with van der Waals surface area (Å²) in [6.45, 7) is 6.00. The minimum absolute atomic E-state index is 0.0219. The van der Waals surface area contributed by atoms with Gasteiger partial charge < -0.3 is 5.32 Å². The molecule has 0 radical (unpaired) electrons. The highest BCUT2D eigenvalue weighted by Gasteiger charge is 2.15. The number of hydrogen-bond donors (Lipinski definition) is 1. The van der Waals surface area contributed by atoms with Gasteiger partial charge in [-0.05, 0) is 43.2 Å². The summed E-state index contributed by atoms with van der Waals surface area (Å²) in [6.07, 6.45) is 1.10. The summed E-state index contributed by atoms with van der Waals surface area (Å²) >= 11 is 0. The van der Waals surface area contributed by atoms with Crippen LogP contribution >= 0.6 is 0 Å². The lowest BCUT2D eigenvalue weighted by molar-refractivity contribution is -0.115. The summed E-state index contributed by atoms with van der Waals surface area (Å²) < 4.78 is 0. The zero-order valence-electron chi connectivity index (χ0n) is 18.1. The fraction of sp³-hybridized carbons (Fsp3) is 0.231. The Morgan fingerprint density at radius 1 is 0.903 bits per heavy atom. The van der Waals surface area contributed by atoms with Gasteiger partial charge in [0.2, 0.25) is 5.91 Å². The molecule has 4 rings (SSSR count). The lowest BCUT2D eigenvalue weighted by atomic mass is 10.1. The van der Waals surface area contributed by atoms with E-state index in [4.69, 9.17) is 5.10 Å². The summed E-state index contributed by atoms with van der Waals surface area (Å²) in [6, 6.07) is 26.2. The summed E-state index contributed by atoms with van der Waals surface area (Å²) in [5.74, 6) is -0.0219. The van der Waals surface area contributed by atoms with Gasteiger partial charge in [0.25, 0.3) is 0 Å². The van der Waals surface area contributed by atoms with Crippen LogP contribution in [-0.2, 0) is 17.6 Å². The van der Waals surface area contributed by atoms with Crippen LogP contribution in [0.25, 0.3) is 10.9 Å². The largest absolute Gasteiger partial charge is 0.326 e. The molecule has 1 amide bonds. The molecule has 1 heterocycles. The van der Waals surface area contributed by atoms with Crippen molar-refractivity contribution in [1.82, 2.24) is 9.89 Å². The Morgan fingerprint density at radius 3 is 2.19 bits per heavy atom. The summed E-state index contributed by atoms with van der Waals surface area (Å²) in [5.41, 5.74) is 5.07. The predicted octanol–water partition coefficient (Wildman–Crippen LogP) is 4.79. The lowest BCUT2D eigenvalue weighted by Crippen LogP contribution is -2.35. The van der Waals surface area contributed by atoms with Crippen LogP contribution in [0.5, 0.6) is 0 Å². The first-order valence-electron chi connectivity index (χ1n) is 10.8. The van der Waals surface area contributed by atoms with Gasteiger partial charge in [-0.25, -0.2) is 0 Å². The Kier molecular flexibility index (Phi) is 6.32. The third-order valence-corrected chi connectivity index (χ3v) is 5.44. The van der Waals surface area contributed by atoms with E-state index in [1.165, 1.54) is 5.56 Å². The Balaban J connectivity index is 1.65. The first-order chi connectivity index (χ1) is 15.2. The molecule has 5 heteroatoms. The minimum Gasteiger partial charge on any atom is -0.326 e. The number of nitrogens with one attached hydrogen (secondary N) is 1. The van der Waals surface area contributed by atoms with Crippen LogP contribution in [0.2, 0.25) is 0 Å². The number of hydrogen-bond acceptors (Lipinski definition) is 3. The Labute approximate surface area is 183 Å². The number of carbonyl (C=O) groups is 1. The molecule has 5 nitrogen and oxygen atoms in total. The fourth-order valence-electron chi connectivity index (χ4n) is 3.85. The zero-order valence-corrected chi connectivity index (χ0v) is 18.1. The van der Waals surface area contributed by atoms with Gasteiger partial charge in [0, 0.05) is 30.6 Å². The highest BCUT2D eigenvalue weighted by molar-refractivity contribution is 5.95. The second-order valence-corrected chi connectivity index (χ2v) is 7.58. The van der Waals surface area contributed by atoms with Crippen LogP contribution in [0.4, 0.5) is 5.69 Å². The number of anilines is 1. The van der Waals surface area contributed by atoms with Crippen molar-refractivity contribution in [2.24, 2.45) is 0 Å². The lowest BCUT2D eigenvalue weighted by Gasteiger charge is -2.21. The number of fused-ring (bicyclic) bond motifs is 1. The second-order valence-electron chi connectivity index (χ2n) is 7.58. The fourth-order valence-corrected chi connectivity index (χ4v) is 3.85. The van der Waals surface area contributed by atoms with E-state index >= 15 is 0 Å². The number of rotatable bonds is 8. The van der Waals surface area contributed by atoms with E-state index in [0.29, 0.717) is 6.42 Å². The van der Waals surface area contributed by atoms with Crippen LogP contribution in [0.15, 0.2) is 78.9 Å². The molecule has 0 fully saturated rings. The Morgan fingerprint density at radius 2 is 1.55 bits per heavy atom. The standard InChI is InChI=1S/C26H28N4O/c1-3-29(4-2)30-25-16-15-22(27-26(31)18-21-13-9-6-10-14-21)19-23(25)24(28-30)17-20-11-7-5-8-12-20/h5-16,19H,3-4,17-18H2,1-2H3,(H,27,31).